The maximum atomic E-state index is 6.03. The molecule has 0 amide bonds. The number of anilines is 2. The topological polar surface area (TPSA) is 64.3 Å². The van der Waals surface area contributed by atoms with E-state index in [2.05, 4.69) is 30.7 Å². The standard InChI is InChI=1S/C14H24N4O/c1-5-6-12-16-13(15)11(4)14(17-12)18-7-10(3)19-8-9(18)2/h9-10H,5-8H2,1-4H3,(H2,15,16,17). The summed E-state index contributed by atoms with van der Waals surface area (Å²) in [6.07, 6.45) is 2.12. The first-order valence-corrected chi connectivity index (χ1v) is 7.04. The lowest BCUT2D eigenvalue weighted by molar-refractivity contribution is 0.0340. The monoisotopic (exact) mass is 264 g/mol. The molecule has 2 rings (SSSR count). The maximum Gasteiger partial charge on any atom is 0.137 e. The normalized spacial score (nSPS) is 23.7. The summed E-state index contributed by atoms with van der Waals surface area (Å²) in [5.41, 5.74) is 7.00. The van der Waals surface area contributed by atoms with Gasteiger partial charge in [-0.25, -0.2) is 9.97 Å². The fraction of sp³-hybridized carbons (Fsp3) is 0.714. The molecule has 0 radical (unpaired) electrons. The average Bonchev–Trinajstić information content (AvgIpc) is 2.37. The van der Waals surface area contributed by atoms with Crippen molar-refractivity contribution >= 4 is 11.6 Å². The van der Waals surface area contributed by atoms with E-state index >= 15 is 0 Å². The molecular formula is C14H24N4O. The number of rotatable bonds is 3. The molecule has 5 heteroatoms. The highest BCUT2D eigenvalue weighted by atomic mass is 16.5. The van der Waals surface area contributed by atoms with Crippen molar-refractivity contribution in [3.63, 3.8) is 0 Å². The lowest BCUT2D eigenvalue weighted by Gasteiger charge is -2.38. The van der Waals surface area contributed by atoms with E-state index < -0.39 is 0 Å². The fourth-order valence-electron chi connectivity index (χ4n) is 2.38. The van der Waals surface area contributed by atoms with E-state index in [9.17, 15) is 0 Å². The van der Waals surface area contributed by atoms with E-state index in [4.69, 9.17) is 15.5 Å². The Morgan fingerprint density at radius 2 is 2.11 bits per heavy atom. The molecular weight excluding hydrogens is 240 g/mol. The number of aromatic nitrogens is 2. The van der Waals surface area contributed by atoms with E-state index in [1.165, 1.54) is 0 Å². The number of morpholine rings is 1. The van der Waals surface area contributed by atoms with E-state index in [1.54, 1.807) is 0 Å². The third kappa shape index (κ3) is 2.97. The van der Waals surface area contributed by atoms with Crippen LogP contribution in [0.3, 0.4) is 0 Å². The smallest absolute Gasteiger partial charge is 0.137 e. The third-order valence-electron chi connectivity index (χ3n) is 3.56. The molecule has 2 atom stereocenters. The first kappa shape index (κ1) is 14.1. The summed E-state index contributed by atoms with van der Waals surface area (Å²) in [6, 6.07) is 0.318. The van der Waals surface area contributed by atoms with Gasteiger partial charge in [-0.2, -0.15) is 0 Å². The van der Waals surface area contributed by atoms with Crippen LogP contribution < -0.4 is 10.6 Å². The minimum Gasteiger partial charge on any atom is -0.383 e. The zero-order chi connectivity index (χ0) is 14.0. The number of nitrogens with zero attached hydrogens (tertiary/aromatic N) is 3. The van der Waals surface area contributed by atoms with Crippen molar-refractivity contribution in [3.05, 3.63) is 11.4 Å². The maximum absolute atomic E-state index is 6.03. The van der Waals surface area contributed by atoms with Crippen LogP contribution in [-0.4, -0.2) is 35.3 Å². The van der Waals surface area contributed by atoms with Crippen molar-refractivity contribution in [2.45, 2.75) is 52.7 Å². The van der Waals surface area contributed by atoms with Crippen molar-refractivity contribution in [2.75, 3.05) is 23.8 Å². The summed E-state index contributed by atoms with van der Waals surface area (Å²) in [5, 5.41) is 0. The van der Waals surface area contributed by atoms with Crippen LogP contribution >= 0.6 is 0 Å². The summed E-state index contributed by atoms with van der Waals surface area (Å²) in [7, 11) is 0. The number of hydrogen-bond acceptors (Lipinski definition) is 5. The number of aryl methyl sites for hydroxylation is 1. The lowest BCUT2D eigenvalue weighted by atomic mass is 10.1. The van der Waals surface area contributed by atoms with E-state index in [1.807, 2.05) is 6.92 Å². The van der Waals surface area contributed by atoms with E-state index in [0.29, 0.717) is 11.9 Å². The van der Waals surface area contributed by atoms with Gasteiger partial charge in [0, 0.05) is 18.5 Å². The van der Waals surface area contributed by atoms with Gasteiger partial charge in [-0.1, -0.05) is 6.92 Å². The Bertz CT molecular complexity index is 449. The Kier molecular flexibility index (Phi) is 4.24. The molecule has 1 aromatic heterocycles. The van der Waals surface area contributed by atoms with Crippen LogP contribution in [0.1, 0.15) is 38.6 Å². The molecule has 0 aromatic carbocycles. The minimum atomic E-state index is 0.224. The van der Waals surface area contributed by atoms with Gasteiger partial charge in [-0.05, 0) is 27.2 Å². The molecule has 2 N–H and O–H groups in total. The van der Waals surface area contributed by atoms with Crippen molar-refractivity contribution < 1.29 is 4.74 Å². The van der Waals surface area contributed by atoms with Crippen LogP contribution in [0.2, 0.25) is 0 Å². The second kappa shape index (κ2) is 5.74. The molecule has 1 aliphatic rings. The first-order chi connectivity index (χ1) is 9.02. The van der Waals surface area contributed by atoms with Gasteiger partial charge in [-0.15, -0.1) is 0 Å². The van der Waals surface area contributed by atoms with Gasteiger partial charge >= 0.3 is 0 Å². The molecule has 1 aromatic rings. The number of hydrogen-bond donors (Lipinski definition) is 1. The number of nitrogens with two attached hydrogens (primary N) is 1. The highest BCUT2D eigenvalue weighted by Crippen LogP contribution is 2.26. The summed E-state index contributed by atoms with van der Waals surface area (Å²) in [6.45, 7) is 9.94. The highest BCUT2D eigenvalue weighted by molar-refractivity contribution is 5.57. The SMILES string of the molecule is CCCc1nc(N)c(C)c(N2CC(C)OCC2C)n1. The van der Waals surface area contributed by atoms with Gasteiger partial charge < -0.3 is 15.4 Å². The Morgan fingerprint density at radius 3 is 2.79 bits per heavy atom. The van der Waals surface area contributed by atoms with Crippen molar-refractivity contribution in [1.82, 2.24) is 9.97 Å². The predicted molar refractivity (Wildman–Crippen MR) is 77.4 cm³/mol. The largest absolute Gasteiger partial charge is 0.383 e. The first-order valence-electron chi connectivity index (χ1n) is 7.04. The van der Waals surface area contributed by atoms with Crippen LogP contribution in [-0.2, 0) is 11.2 Å². The Labute approximate surface area is 115 Å². The predicted octanol–water partition coefficient (Wildman–Crippen LogP) is 1.93. The van der Waals surface area contributed by atoms with Crippen molar-refractivity contribution in [2.24, 2.45) is 0 Å². The minimum absolute atomic E-state index is 0.224. The van der Waals surface area contributed by atoms with Gasteiger partial charge in [0.15, 0.2) is 0 Å². The summed E-state index contributed by atoms with van der Waals surface area (Å²) in [5.74, 6) is 2.41. The molecule has 0 saturated carbocycles. The molecule has 106 valence electrons. The van der Waals surface area contributed by atoms with Gasteiger partial charge in [0.25, 0.3) is 0 Å². The fourth-order valence-corrected chi connectivity index (χ4v) is 2.38. The molecule has 19 heavy (non-hydrogen) atoms. The summed E-state index contributed by atoms with van der Waals surface area (Å²) in [4.78, 5) is 11.4. The molecule has 5 nitrogen and oxygen atoms in total. The molecule has 1 aliphatic heterocycles. The summed E-state index contributed by atoms with van der Waals surface area (Å²) >= 11 is 0. The number of ether oxygens (including phenoxy) is 1. The van der Waals surface area contributed by atoms with Crippen LogP contribution in [0.5, 0.6) is 0 Å². The van der Waals surface area contributed by atoms with Gasteiger partial charge in [0.1, 0.15) is 17.5 Å². The third-order valence-corrected chi connectivity index (χ3v) is 3.56. The zero-order valence-electron chi connectivity index (χ0n) is 12.3. The van der Waals surface area contributed by atoms with Crippen LogP contribution in [0.25, 0.3) is 0 Å². The Balaban J connectivity index is 2.36. The second-order valence-electron chi connectivity index (χ2n) is 5.37. The molecule has 0 aliphatic carbocycles. The van der Waals surface area contributed by atoms with Crippen LogP contribution in [0.4, 0.5) is 11.6 Å². The lowest BCUT2D eigenvalue weighted by Crippen LogP contribution is -2.48. The Morgan fingerprint density at radius 1 is 1.37 bits per heavy atom. The molecule has 1 fully saturated rings. The highest BCUT2D eigenvalue weighted by Gasteiger charge is 2.26. The van der Waals surface area contributed by atoms with Crippen LogP contribution in [0.15, 0.2) is 0 Å². The van der Waals surface area contributed by atoms with Crippen molar-refractivity contribution in [3.8, 4) is 0 Å². The zero-order valence-corrected chi connectivity index (χ0v) is 12.3. The van der Waals surface area contributed by atoms with Crippen molar-refractivity contribution in [1.29, 1.82) is 0 Å². The van der Waals surface area contributed by atoms with Gasteiger partial charge in [0.2, 0.25) is 0 Å². The molecule has 2 heterocycles. The van der Waals surface area contributed by atoms with E-state index in [0.717, 1.165) is 43.2 Å². The number of nitrogen functional groups attached to an aromatic ring is 1. The molecule has 0 bridgehead atoms. The summed E-state index contributed by atoms with van der Waals surface area (Å²) < 4.78 is 5.67. The van der Waals surface area contributed by atoms with Gasteiger partial charge in [-0.3, -0.25) is 0 Å². The molecule has 2 unspecified atom stereocenters. The molecule has 0 spiro atoms. The second-order valence-corrected chi connectivity index (χ2v) is 5.37. The van der Waals surface area contributed by atoms with Crippen LogP contribution in [0, 0.1) is 6.92 Å². The van der Waals surface area contributed by atoms with E-state index in [-0.39, 0.29) is 6.10 Å². The molecule has 1 saturated heterocycles. The quantitative estimate of drug-likeness (QED) is 0.903. The Hall–Kier alpha value is -1.36. The average molecular weight is 264 g/mol. The van der Waals surface area contributed by atoms with Gasteiger partial charge in [0.05, 0.1) is 18.8 Å².